The fraction of sp³-hybridized carbons (Fsp3) is 0.350. The molecule has 0 aliphatic rings. The molecular formula is C20H25NO2. The number of nitrogens with zero attached hydrogens (tertiary/aromatic N) is 1. The number of hydrogen-bond acceptors (Lipinski definition) is 2. The van der Waals surface area contributed by atoms with Crippen molar-refractivity contribution in [3.05, 3.63) is 60.2 Å². The van der Waals surface area contributed by atoms with Crippen LogP contribution in [0.5, 0.6) is 5.75 Å². The first-order valence-electron chi connectivity index (χ1n) is 7.89. The maximum Gasteiger partial charge on any atom is 0.267 e. The summed E-state index contributed by atoms with van der Waals surface area (Å²) in [6.45, 7) is 8.29. The molecule has 2 aromatic rings. The number of para-hydroxylation sites is 1. The van der Waals surface area contributed by atoms with Crippen LogP contribution < -0.4 is 9.64 Å². The van der Waals surface area contributed by atoms with Gasteiger partial charge in [-0.1, -0.05) is 51.1 Å². The Morgan fingerprint density at radius 2 is 1.57 bits per heavy atom. The van der Waals surface area contributed by atoms with Crippen LogP contribution in [0.4, 0.5) is 5.69 Å². The lowest BCUT2D eigenvalue weighted by Crippen LogP contribution is -2.38. The maximum atomic E-state index is 12.5. The zero-order valence-corrected chi connectivity index (χ0v) is 14.5. The van der Waals surface area contributed by atoms with Crippen molar-refractivity contribution in [3.8, 4) is 5.75 Å². The molecule has 1 unspecified atom stereocenters. The summed E-state index contributed by atoms with van der Waals surface area (Å²) in [7, 11) is 1.76. The van der Waals surface area contributed by atoms with Crippen LogP contribution >= 0.6 is 0 Å². The third-order valence-corrected chi connectivity index (χ3v) is 3.86. The Labute approximate surface area is 138 Å². The Balaban J connectivity index is 2.04. The highest BCUT2D eigenvalue weighted by Gasteiger charge is 2.20. The topological polar surface area (TPSA) is 29.5 Å². The van der Waals surface area contributed by atoms with Gasteiger partial charge in [-0.05, 0) is 42.2 Å². The first-order valence-corrected chi connectivity index (χ1v) is 7.89. The number of carbonyl (C=O) groups is 1. The number of rotatable bonds is 4. The lowest BCUT2D eigenvalue weighted by molar-refractivity contribution is -0.124. The smallest absolute Gasteiger partial charge is 0.267 e. The third kappa shape index (κ3) is 4.35. The highest BCUT2D eigenvalue weighted by molar-refractivity contribution is 5.95. The summed E-state index contributed by atoms with van der Waals surface area (Å²) in [5.74, 6) is 0.636. The van der Waals surface area contributed by atoms with E-state index in [0.29, 0.717) is 5.75 Å². The molecule has 122 valence electrons. The van der Waals surface area contributed by atoms with Gasteiger partial charge in [-0.15, -0.1) is 0 Å². The average Bonchev–Trinajstić information content (AvgIpc) is 2.54. The van der Waals surface area contributed by atoms with Crippen molar-refractivity contribution in [1.29, 1.82) is 0 Å². The molecule has 0 aliphatic heterocycles. The molecule has 3 nitrogen and oxygen atoms in total. The summed E-state index contributed by atoms with van der Waals surface area (Å²) < 4.78 is 5.80. The van der Waals surface area contributed by atoms with Crippen molar-refractivity contribution in [1.82, 2.24) is 0 Å². The van der Waals surface area contributed by atoms with E-state index in [1.807, 2.05) is 54.6 Å². The van der Waals surface area contributed by atoms with Crippen LogP contribution in [0.1, 0.15) is 33.3 Å². The van der Waals surface area contributed by atoms with Crippen LogP contribution in [-0.4, -0.2) is 19.1 Å². The Morgan fingerprint density at radius 1 is 1.00 bits per heavy atom. The molecule has 0 fully saturated rings. The van der Waals surface area contributed by atoms with Crippen molar-refractivity contribution in [3.63, 3.8) is 0 Å². The fourth-order valence-electron chi connectivity index (χ4n) is 2.34. The number of amides is 1. The maximum absolute atomic E-state index is 12.5. The van der Waals surface area contributed by atoms with E-state index in [2.05, 4.69) is 20.8 Å². The zero-order chi connectivity index (χ0) is 17.0. The Kier molecular flexibility index (Phi) is 5.09. The van der Waals surface area contributed by atoms with Gasteiger partial charge in [0.15, 0.2) is 6.10 Å². The van der Waals surface area contributed by atoms with E-state index < -0.39 is 6.10 Å². The summed E-state index contributed by atoms with van der Waals surface area (Å²) in [6, 6.07) is 17.5. The van der Waals surface area contributed by atoms with Crippen LogP contribution in [0, 0.1) is 0 Å². The molecule has 0 radical (unpaired) electrons. The third-order valence-electron chi connectivity index (χ3n) is 3.86. The summed E-state index contributed by atoms with van der Waals surface area (Å²) in [5, 5.41) is 0. The molecular weight excluding hydrogens is 286 g/mol. The minimum atomic E-state index is -0.541. The van der Waals surface area contributed by atoms with Crippen LogP contribution in [0.25, 0.3) is 0 Å². The first kappa shape index (κ1) is 17.1. The molecule has 2 aromatic carbocycles. The number of carbonyl (C=O) groups excluding carboxylic acids is 1. The van der Waals surface area contributed by atoms with Gasteiger partial charge in [0.05, 0.1) is 0 Å². The molecule has 0 bridgehead atoms. The van der Waals surface area contributed by atoms with Gasteiger partial charge < -0.3 is 9.64 Å². The number of anilines is 1. The quantitative estimate of drug-likeness (QED) is 0.837. The standard InChI is InChI=1S/C20H25NO2/c1-15(19(22)21(5)17-9-7-6-8-10-17)23-18-13-11-16(12-14-18)20(2,3)4/h6-15H,1-5H3. The molecule has 1 amide bonds. The molecule has 2 rings (SSSR count). The van der Waals surface area contributed by atoms with Gasteiger partial charge in [0.1, 0.15) is 5.75 Å². The molecule has 0 heterocycles. The highest BCUT2D eigenvalue weighted by atomic mass is 16.5. The van der Waals surface area contributed by atoms with E-state index >= 15 is 0 Å². The normalized spacial score (nSPS) is 12.6. The van der Waals surface area contributed by atoms with E-state index in [0.717, 1.165) is 5.69 Å². The largest absolute Gasteiger partial charge is 0.481 e. The summed E-state index contributed by atoms with van der Waals surface area (Å²) in [4.78, 5) is 14.1. The molecule has 3 heteroatoms. The van der Waals surface area contributed by atoms with Gasteiger partial charge in [-0.2, -0.15) is 0 Å². The second-order valence-corrected chi connectivity index (χ2v) is 6.77. The van der Waals surface area contributed by atoms with Crippen LogP contribution in [-0.2, 0) is 10.2 Å². The van der Waals surface area contributed by atoms with Crippen LogP contribution in [0.2, 0.25) is 0 Å². The molecule has 0 aromatic heterocycles. The predicted molar refractivity (Wildman–Crippen MR) is 95.1 cm³/mol. The second-order valence-electron chi connectivity index (χ2n) is 6.77. The van der Waals surface area contributed by atoms with Crippen molar-refractivity contribution >= 4 is 11.6 Å². The molecule has 23 heavy (non-hydrogen) atoms. The zero-order valence-electron chi connectivity index (χ0n) is 14.5. The Morgan fingerprint density at radius 3 is 2.09 bits per heavy atom. The summed E-state index contributed by atoms with van der Waals surface area (Å²) >= 11 is 0. The number of likely N-dealkylation sites (N-methyl/N-ethyl adjacent to an activating group) is 1. The average molecular weight is 311 g/mol. The van der Waals surface area contributed by atoms with E-state index in [1.54, 1.807) is 18.9 Å². The minimum Gasteiger partial charge on any atom is -0.481 e. The van der Waals surface area contributed by atoms with E-state index in [9.17, 15) is 4.79 Å². The molecule has 0 aliphatic carbocycles. The van der Waals surface area contributed by atoms with Gasteiger partial charge in [0, 0.05) is 12.7 Å². The predicted octanol–water partition coefficient (Wildman–Crippen LogP) is 4.41. The Hall–Kier alpha value is -2.29. The summed E-state index contributed by atoms with van der Waals surface area (Å²) in [5.41, 5.74) is 2.20. The van der Waals surface area contributed by atoms with E-state index in [1.165, 1.54) is 5.56 Å². The summed E-state index contributed by atoms with van der Waals surface area (Å²) in [6.07, 6.45) is -0.541. The number of ether oxygens (including phenoxy) is 1. The highest BCUT2D eigenvalue weighted by Crippen LogP contribution is 2.25. The minimum absolute atomic E-state index is 0.0731. The van der Waals surface area contributed by atoms with Gasteiger partial charge in [0.2, 0.25) is 0 Å². The van der Waals surface area contributed by atoms with E-state index in [-0.39, 0.29) is 11.3 Å². The molecule has 0 N–H and O–H groups in total. The Bertz CT molecular complexity index is 642. The second kappa shape index (κ2) is 6.86. The first-order chi connectivity index (χ1) is 10.8. The molecule has 0 saturated heterocycles. The van der Waals surface area contributed by atoms with Crippen LogP contribution in [0.3, 0.4) is 0 Å². The van der Waals surface area contributed by atoms with Crippen molar-refractivity contribution < 1.29 is 9.53 Å². The lowest BCUT2D eigenvalue weighted by atomic mass is 9.87. The number of benzene rings is 2. The molecule has 0 spiro atoms. The van der Waals surface area contributed by atoms with Crippen LogP contribution in [0.15, 0.2) is 54.6 Å². The lowest BCUT2D eigenvalue weighted by Gasteiger charge is -2.23. The molecule has 0 saturated carbocycles. The monoisotopic (exact) mass is 311 g/mol. The number of hydrogen-bond donors (Lipinski definition) is 0. The van der Waals surface area contributed by atoms with Crippen molar-refractivity contribution in [2.24, 2.45) is 0 Å². The van der Waals surface area contributed by atoms with Crippen molar-refractivity contribution in [2.75, 3.05) is 11.9 Å². The van der Waals surface area contributed by atoms with E-state index in [4.69, 9.17) is 4.74 Å². The van der Waals surface area contributed by atoms with Gasteiger partial charge in [-0.3, -0.25) is 4.79 Å². The van der Waals surface area contributed by atoms with Crippen molar-refractivity contribution in [2.45, 2.75) is 39.2 Å². The van der Waals surface area contributed by atoms with Gasteiger partial charge >= 0.3 is 0 Å². The van der Waals surface area contributed by atoms with Gasteiger partial charge in [0.25, 0.3) is 5.91 Å². The SMILES string of the molecule is CC(Oc1ccc(C(C)(C)C)cc1)C(=O)N(C)c1ccccc1. The molecule has 1 atom stereocenters. The van der Waals surface area contributed by atoms with Gasteiger partial charge in [-0.25, -0.2) is 0 Å². The fourth-order valence-corrected chi connectivity index (χ4v) is 2.34.